The van der Waals surface area contributed by atoms with Gasteiger partial charge in [-0.2, -0.15) is 0 Å². The van der Waals surface area contributed by atoms with E-state index in [4.69, 9.17) is 14.2 Å². The van der Waals surface area contributed by atoms with Crippen LogP contribution in [0.1, 0.15) is 6.92 Å². The van der Waals surface area contributed by atoms with Crippen molar-refractivity contribution < 1.29 is 19.0 Å². The van der Waals surface area contributed by atoms with E-state index in [1.807, 2.05) is 24.3 Å². The van der Waals surface area contributed by atoms with Crippen molar-refractivity contribution in [1.29, 1.82) is 0 Å². The Kier molecular flexibility index (Phi) is 8.52. The van der Waals surface area contributed by atoms with E-state index in [0.717, 1.165) is 11.4 Å². The van der Waals surface area contributed by atoms with E-state index in [-0.39, 0.29) is 12.4 Å². The maximum absolute atomic E-state index is 10.6. The van der Waals surface area contributed by atoms with Crippen LogP contribution in [0.5, 0.6) is 5.75 Å². The lowest BCUT2D eigenvalue weighted by molar-refractivity contribution is -0.122. The molecule has 19 heavy (non-hydrogen) atoms. The Hall–Kier alpha value is -0.860. The van der Waals surface area contributed by atoms with E-state index in [2.05, 4.69) is 26.4 Å². The molecule has 0 aliphatic carbocycles. The van der Waals surface area contributed by atoms with Gasteiger partial charge in [0.25, 0.3) is 0 Å². The van der Waals surface area contributed by atoms with E-state index in [1.165, 1.54) is 6.92 Å². The average molecular weight is 379 g/mol. The first-order valence-corrected chi connectivity index (χ1v) is 7.04. The van der Waals surface area contributed by atoms with Crippen molar-refractivity contribution in [3.05, 3.63) is 24.3 Å². The molecule has 0 fully saturated rings. The quantitative estimate of drug-likeness (QED) is 0.385. The smallest absolute Gasteiger partial charge is 0.155 e. The van der Waals surface area contributed by atoms with Crippen molar-refractivity contribution in [2.24, 2.45) is 0 Å². The number of carbonyl (C=O) groups is 1. The SMILES string of the molecule is CC(=O)COCCOCCOc1ccc(NI)cc1. The van der Waals surface area contributed by atoms with E-state index in [9.17, 15) is 4.79 Å². The molecule has 0 radical (unpaired) electrons. The van der Waals surface area contributed by atoms with Crippen LogP contribution in [-0.2, 0) is 14.3 Å². The molecular weight excluding hydrogens is 361 g/mol. The molecule has 5 nitrogen and oxygen atoms in total. The highest BCUT2D eigenvalue weighted by Gasteiger charge is 1.96. The summed E-state index contributed by atoms with van der Waals surface area (Å²) in [7, 11) is 0. The van der Waals surface area contributed by atoms with Crippen molar-refractivity contribution in [2.45, 2.75) is 6.92 Å². The monoisotopic (exact) mass is 379 g/mol. The zero-order chi connectivity index (χ0) is 13.9. The summed E-state index contributed by atoms with van der Waals surface area (Å²) in [6.07, 6.45) is 0. The molecule has 1 rings (SSSR count). The predicted octanol–water partition coefficient (Wildman–Crippen LogP) is 2.45. The van der Waals surface area contributed by atoms with Crippen molar-refractivity contribution >= 4 is 34.3 Å². The fourth-order valence-electron chi connectivity index (χ4n) is 1.27. The molecular formula is C13H18INO4. The lowest BCUT2D eigenvalue weighted by Crippen LogP contribution is -2.13. The van der Waals surface area contributed by atoms with E-state index < -0.39 is 0 Å². The zero-order valence-corrected chi connectivity index (χ0v) is 13.0. The zero-order valence-electron chi connectivity index (χ0n) is 10.9. The number of ketones is 1. The first kappa shape index (κ1) is 16.2. The molecule has 0 heterocycles. The minimum absolute atomic E-state index is 0.0211. The van der Waals surface area contributed by atoms with E-state index >= 15 is 0 Å². The molecule has 0 atom stereocenters. The van der Waals surface area contributed by atoms with Gasteiger partial charge in [0.15, 0.2) is 5.78 Å². The number of hydrogen-bond acceptors (Lipinski definition) is 5. The number of rotatable bonds is 10. The van der Waals surface area contributed by atoms with Gasteiger partial charge >= 0.3 is 0 Å². The van der Waals surface area contributed by atoms with Gasteiger partial charge in [0.1, 0.15) is 19.0 Å². The number of hydrogen-bond donors (Lipinski definition) is 1. The van der Waals surface area contributed by atoms with Crippen LogP contribution < -0.4 is 8.27 Å². The Morgan fingerprint density at radius 1 is 1.11 bits per heavy atom. The predicted molar refractivity (Wildman–Crippen MR) is 81.9 cm³/mol. The third-order valence-electron chi connectivity index (χ3n) is 2.14. The third kappa shape index (κ3) is 8.02. The molecule has 0 spiro atoms. The van der Waals surface area contributed by atoms with E-state index in [0.29, 0.717) is 26.4 Å². The summed E-state index contributed by atoms with van der Waals surface area (Å²) in [6, 6.07) is 7.68. The second-order valence-corrected chi connectivity index (χ2v) is 4.37. The van der Waals surface area contributed by atoms with Crippen LogP contribution >= 0.6 is 22.9 Å². The van der Waals surface area contributed by atoms with Crippen molar-refractivity contribution in [2.75, 3.05) is 36.6 Å². The summed E-state index contributed by atoms with van der Waals surface area (Å²) in [4.78, 5) is 10.6. The normalized spacial score (nSPS) is 10.2. The van der Waals surface area contributed by atoms with Crippen LogP contribution in [0.15, 0.2) is 24.3 Å². The molecule has 0 saturated carbocycles. The van der Waals surface area contributed by atoms with Crippen LogP contribution in [0.3, 0.4) is 0 Å². The highest BCUT2D eigenvalue weighted by molar-refractivity contribution is 14.1. The van der Waals surface area contributed by atoms with Crippen LogP contribution in [0.25, 0.3) is 0 Å². The average Bonchev–Trinajstić information content (AvgIpc) is 2.42. The van der Waals surface area contributed by atoms with Crippen LogP contribution in [0.4, 0.5) is 5.69 Å². The number of Topliss-reactive ketones (excluding diaryl/α,β-unsaturated/α-hetero) is 1. The van der Waals surface area contributed by atoms with Crippen molar-refractivity contribution in [3.63, 3.8) is 0 Å². The van der Waals surface area contributed by atoms with Crippen molar-refractivity contribution in [3.8, 4) is 5.75 Å². The lowest BCUT2D eigenvalue weighted by atomic mass is 10.3. The molecule has 6 heteroatoms. The van der Waals surface area contributed by atoms with E-state index in [1.54, 1.807) is 0 Å². The summed E-state index contributed by atoms with van der Waals surface area (Å²) in [5.41, 5.74) is 1.03. The Morgan fingerprint density at radius 2 is 1.74 bits per heavy atom. The molecule has 0 amide bonds. The lowest BCUT2D eigenvalue weighted by Gasteiger charge is -2.08. The molecule has 0 aromatic heterocycles. The van der Waals surface area contributed by atoms with Gasteiger partial charge in [0, 0.05) is 5.69 Å². The minimum atomic E-state index is 0.0211. The van der Waals surface area contributed by atoms with Crippen LogP contribution in [0, 0.1) is 0 Å². The highest BCUT2D eigenvalue weighted by atomic mass is 127. The first-order chi connectivity index (χ1) is 9.22. The summed E-state index contributed by atoms with van der Waals surface area (Å²) >= 11 is 2.08. The molecule has 0 unspecified atom stereocenters. The number of nitrogens with one attached hydrogen (secondary N) is 1. The molecule has 0 saturated heterocycles. The minimum Gasteiger partial charge on any atom is -0.491 e. The maximum atomic E-state index is 10.6. The van der Waals surface area contributed by atoms with Gasteiger partial charge in [-0.3, -0.25) is 4.79 Å². The third-order valence-corrected chi connectivity index (χ3v) is 2.76. The molecule has 0 aliphatic heterocycles. The topological polar surface area (TPSA) is 56.8 Å². The Bertz CT molecular complexity index is 369. The van der Waals surface area contributed by atoms with Gasteiger partial charge in [-0.25, -0.2) is 0 Å². The fourth-order valence-corrected chi connectivity index (χ4v) is 1.63. The summed E-state index contributed by atoms with van der Waals surface area (Å²) < 4.78 is 18.9. The fraction of sp³-hybridized carbons (Fsp3) is 0.462. The highest BCUT2D eigenvalue weighted by Crippen LogP contribution is 2.16. The molecule has 0 bridgehead atoms. The van der Waals surface area contributed by atoms with Crippen LogP contribution in [0.2, 0.25) is 0 Å². The summed E-state index contributed by atoms with van der Waals surface area (Å²) in [5, 5.41) is 0. The number of carbonyl (C=O) groups excluding carboxylic acids is 1. The molecule has 0 aliphatic rings. The largest absolute Gasteiger partial charge is 0.491 e. The molecule has 1 N–H and O–H groups in total. The van der Waals surface area contributed by atoms with Gasteiger partial charge in [-0.05, 0) is 31.2 Å². The Balaban J connectivity index is 1.99. The molecule has 1 aromatic rings. The summed E-state index contributed by atoms with van der Waals surface area (Å²) in [5.74, 6) is 0.833. The Morgan fingerprint density at radius 3 is 2.37 bits per heavy atom. The second-order valence-electron chi connectivity index (χ2n) is 3.83. The van der Waals surface area contributed by atoms with Gasteiger partial charge in [0.2, 0.25) is 0 Å². The van der Waals surface area contributed by atoms with Gasteiger partial charge in [-0.1, -0.05) is 0 Å². The molecule has 106 valence electrons. The van der Waals surface area contributed by atoms with Crippen LogP contribution in [-0.4, -0.2) is 38.8 Å². The second kappa shape index (κ2) is 9.99. The number of halogens is 1. The van der Waals surface area contributed by atoms with Gasteiger partial charge < -0.3 is 17.7 Å². The summed E-state index contributed by atoms with van der Waals surface area (Å²) in [6.45, 7) is 3.52. The van der Waals surface area contributed by atoms with Crippen molar-refractivity contribution in [1.82, 2.24) is 0 Å². The number of anilines is 1. The Labute approximate surface area is 127 Å². The molecule has 1 aromatic carbocycles. The standard InChI is InChI=1S/C13H18INO4/c1-11(16)10-18-7-6-17-8-9-19-13-4-2-12(15-14)3-5-13/h2-5,15H,6-10H2,1H3. The first-order valence-electron chi connectivity index (χ1n) is 5.97. The van der Waals surface area contributed by atoms with Gasteiger partial charge in [-0.15, -0.1) is 0 Å². The number of benzene rings is 1. The maximum Gasteiger partial charge on any atom is 0.155 e. The van der Waals surface area contributed by atoms with Gasteiger partial charge in [0.05, 0.1) is 42.7 Å². The number of ether oxygens (including phenoxy) is 3.